The van der Waals surface area contributed by atoms with Crippen LogP contribution < -0.4 is 10.5 Å². The van der Waals surface area contributed by atoms with Crippen LogP contribution >= 0.6 is 0 Å². The van der Waals surface area contributed by atoms with Crippen molar-refractivity contribution in [2.24, 2.45) is 5.73 Å². The van der Waals surface area contributed by atoms with Crippen molar-refractivity contribution < 1.29 is 22.7 Å². The first-order valence-electron chi connectivity index (χ1n) is 8.77. The van der Waals surface area contributed by atoms with E-state index >= 15 is 0 Å². The molecule has 0 aliphatic carbocycles. The average molecular weight is 397 g/mol. The van der Waals surface area contributed by atoms with Crippen LogP contribution in [-0.2, 0) is 12.7 Å². The highest BCUT2D eigenvalue weighted by molar-refractivity contribution is 6.17. The van der Waals surface area contributed by atoms with Crippen molar-refractivity contribution in [2.45, 2.75) is 12.7 Å². The lowest BCUT2D eigenvalue weighted by atomic mass is 10.0. The smallest absolute Gasteiger partial charge is 0.416 e. The molecule has 0 bridgehead atoms. The second-order valence-corrected chi connectivity index (χ2v) is 6.61. The fourth-order valence-electron chi connectivity index (χ4n) is 3.60. The van der Waals surface area contributed by atoms with Gasteiger partial charge in [0.05, 0.1) is 30.3 Å². The van der Waals surface area contributed by atoms with Gasteiger partial charge in [0.25, 0.3) is 0 Å². The van der Waals surface area contributed by atoms with Crippen LogP contribution in [0.25, 0.3) is 21.8 Å². The fraction of sp³-hybridized carbons (Fsp3) is 0.136. The monoisotopic (exact) mass is 397 g/mol. The van der Waals surface area contributed by atoms with Gasteiger partial charge in [-0.05, 0) is 36.4 Å². The molecule has 0 atom stereocenters. The third-order valence-electron chi connectivity index (χ3n) is 4.91. The van der Waals surface area contributed by atoms with E-state index in [2.05, 4.69) is 6.07 Å². The second-order valence-electron chi connectivity index (χ2n) is 6.61. The molecule has 4 nitrogen and oxygen atoms in total. The largest absolute Gasteiger partial charge is 0.496 e. The van der Waals surface area contributed by atoms with Gasteiger partial charge in [0.15, 0.2) is 0 Å². The minimum Gasteiger partial charge on any atom is -0.496 e. The predicted octanol–water partition coefficient (Wildman–Crippen LogP) is 4.77. The molecule has 2 N–H and O–H groups in total. The first-order valence-corrected chi connectivity index (χ1v) is 8.77. The van der Waals surface area contributed by atoms with Crippen LogP contribution in [0.15, 0.2) is 54.6 Å². The summed E-state index contributed by atoms with van der Waals surface area (Å²) in [4.78, 5) is 12.0. The lowest BCUT2D eigenvalue weighted by molar-refractivity contribution is -0.137. The average Bonchev–Trinajstić information content (AvgIpc) is 3.01. The third-order valence-corrected chi connectivity index (χ3v) is 4.91. The van der Waals surface area contributed by atoms with E-state index in [0.29, 0.717) is 27.6 Å². The SMILES string of the molecule is COc1ccccc1Cn1c2cc(C(F)(F)F)c[c]c2c2c(C(N)=O)cccc21. The van der Waals surface area contributed by atoms with E-state index in [9.17, 15) is 18.0 Å². The van der Waals surface area contributed by atoms with Crippen molar-refractivity contribution in [2.75, 3.05) is 7.11 Å². The number of benzene rings is 3. The molecule has 29 heavy (non-hydrogen) atoms. The van der Waals surface area contributed by atoms with Gasteiger partial charge in [0.2, 0.25) is 5.91 Å². The Morgan fingerprint density at radius 1 is 1.14 bits per heavy atom. The molecule has 0 fully saturated rings. The molecule has 4 aromatic rings. The van der Waals surface area contributed by atoms with Gasteiger partial charge in [-0.1, -0.05) is 24.3 Å². The molecule has 0 aliphatic heterocycles. The van der Waals surface area contributed by atoms with Crippen LogP contribution in [0, 0.1) is 6.07 Å². The number of carbonyl (C=O) groups excluding carboxylic acids is 1. The molecular formula is C22H16F3N2O2. The molecule has 0 unspecified atom stereocenters. The number of nitrogens with zero attached hydrogens (tertiary/aromatic N) is 1. The summed E-state index contributed by atoms with van der Waals surface area (Å²) in [6, 6.07) is 16.9. The van der Waals surface area contributed by atoms with Crippen LogP contribution in [-0.4, -0.2) is 17.6 Å². The zero-order valence-electron chi connectivity index (χ0n) is 15.4. The van der Waals surface area contributed by atoms with E-state index in [1.807, 2.05) is 18.2 Å². The summed E-state index contributed by atoms with van der Waals surface area (Å²) in [6.45, 7) is 0.251. The summed E-state index contributed by atoms with van der Waals surface area (Å²) < 4.78 is 47.1. The number of hydrogen-bond donors (Lipinski definition) is 1. The number of hydrogen-bond acceptors (Lipinski definition) is 2. The Morgan fingerprint density at radius 2 is 1.90 bits per heavy atom. The quantitative estimate of drug-likeness (QED) is 0.539. The number of methoxy groups -OCH3 is 1. The molecule has 0 aliphatic rings. The van der Waals surface area contributed by atoms with Gasteiger partial charge in [-0.15, -0.1) is 0 Å². The van der Waals surface area contributed by atoms with Crippen LogP contribution in [0.4, 0.5) is 13.2 Å². The maximum absolute atomic E-state index is 13.3. The highest BCUT2D eigenvalue weighted by Gasteiger charge is 2.31. The molecular weight excluding hydrogens is 381 g/mol. The number of para-hydroxylation sites is 1. The Balaban J connectivity index is 2.06. The van der Waals surface area contributed by atoms with E-state index in [1.165, 1.54) is 7.11 Å². The van der Waals surface area contributed by atoms with Crippen LogP contribution in [0.2, 0.25) is 0 Å². The molecule has 147 valence electrons. The maximum Gasteiger partial charge on any atom is 0.416 e. The number of fused-ring (bicyclic) bond motifs is 3. The van der Waals surface area contributed by atoms with E-state index in [0.717, 1.165) is 17.7 Å². The zero-order valence-corrected chi connectivity index (χ0v) is 15.4. The minimum atomic E-state index is -4.51. The summed E-state index contributed by atoms with van der Waals surface area (Å²) in [5.74, 6) is -0.0373. The molecule has 3 aromatic carbocycles. The van der Waals surface area contributed by atoms with E-state index < -0.39 is 17.6 Å². The number of halogens is 3. The number of carbonyl (C=O) groups is 1. The topological polar surface area (TPSA) is 57.2 Å². The Kier molecular flexibility index (Phi) is 4.45. The van der Waals surface area contributed by atoms with E-state index in [-0.39, 0.29) is 12.1 Å². The number of amides is 1. The third kappa shape index (κ3) is 3.18. The number of aromatic nitrogens is 1. The van der Waals surface area contributed by atoms with Crippen LogP contribution in [0.1, 0.15) is 21.5 Å². The number of rotatable bonds is 4. The molecule has 1 heterocycles. The van der Waals surface area contributed by atoms with Crippen molar-refractivity contribution in [1.82, 2.24) is 4.57 Å². The van der Waals surface area contributed by atoms with Crippen molar-refractivity contribution in [1.29, 1.82) is 0 Å². The Morgan fingerprint density at radius 3 is 2.59 bits per heavy atom. The molecule has 0 spiro atoms. The standard InChI is InChI=1S/C22H16F3N2O2/c1-29-19-8-3-2-5-13(19)12-27-17-7-4-6-16(21(26)28)20(17)15-10-9-14(11-18(15)27)22(23,24)25/h2-9,11H,12H2,1H3,(H2,26,28). The fourth-order valence-corrected chi connectivity index (χ4v) is 3.60. The lowest BCUT2D eigenvalue weighted by Gasteiger charge is -2.12. The normalized spacial score (nSPS) is 11.9. The van der Waals surface area contributed by atoms with E-state index in [4.69, 9.17) is 10.5 Å². The lowest BCUT2D eigenvalue weighted by Crippen LogP contribution is -2.11. The van der Waals surface area contributed by atoms with Crippen LogP contribution in [0.5, 0.6) is 5.75 Å². The molecule has 0 saturated carbocycles. The molecule has 7 heteroatoms. The Labute approximate surface area is 164 Å². The van der Waals surface area contributed by atoms with Crippen molar-refractivity contribution in [3.05, 3.63) is 77.4 Å². The van der Waals surface area contributed by atoms with Crippen LogP contribution in [0.3, 0.4) is 0 Å². The predicted molar refractivity (Wildman–Crippen MR) is 104 cm³/mol. The summed E-state index contributed by atoms with van der Waals surface area (Å²) in [7, 11) is 1.53. The summed E-state index contributed by atoms with van der Waals surface area (Å²) >= 11 is 0. The van der Waals surface area contributed by atoms with Gasteiger partial charge < -0.3 is 15.0 Å². The van der Waals surface area contributed by atoms with Crippen molar-refractivity contribution >= 4 is 27.7 Å². The molecule has 1 amide bonds. The highest BCUT2D eigenvalue weighted by atomic mass is 19.4. The number of primary amides is 1. The zero-order chi connectivity index (χ0) is 20.8. The Bertz CT molecular complexity index is 1240. The first-order chi connectivity index (χ1) is 13.8. The number of alkyl halides is 3. The van der Waals surface area contributed by atoms with Gasteiger partial charge in [-0.3, -0.25) is 4.79 Å². The summed E-state index contributed by atoms with van der Waals surface area (Å²) in [5, 5.41) is 0.899. The number of ether oxygens (including phenoxy) is 1. The van der Waals surface area contributed by atoms with Crippen molar-refractivity contribution in [3.63, 3.8) is 0 Å². The first kappa shape index (κ1) is 18.9. The van der Waals surface area contributed by atoms with Gasteiger partial charge in [-0.25, -0.2) is 0 Å². The summed E-state index contributed by atoms with van der Waals surface area (Å²) in [5.41, 5.74) is 6.64. The Hall–Kier alpha value is -3.48. The molecule has 4 rings (SSSR count). The van der Waals surface area contributed by atoms with Crippen molar-refractivity contribution in [3.8, 4) is 5.75 Å². The maximum atomic E-state index is 13.3. The molecule has 1 aromatic heterocycles. The van der Waals surface area contributed by atoms with E-state index in [1.54, 1.807) is 28.8 Å². The second kappa shape index (κ2) is 6.84. The van der Waals surface area contributed by atoms with Gasteiger partial charge >= 0.3 is 6.18 Å². The highest BCUT2D eigenvalue weighted by Crippen LogP contribution is 2.37. The molecule has 1 radical (unpaired) electrons. The van der Waals surface area contributed by atoms with Gasteiger partial charge in [-0.2, -0.15) is 13.2 Å². The number of nitrogens with two attached hydrogens (primary N) is 1. The van der Waals surface area contributed by atoms with Gasteiger partial charge in [0, 0.05) is 21.9 Å². The minimum absolute atomic E-state index is 0.238. The van der Waals surface area contributed by atoms with Gasteiger partial charge in [0.1, 0.15) is 5.75 Å². The summed E-state index contributed by atoms with van der Waals surface area (Å²) in [6.07, 6.45) is -4.51. The molecule has 0 saturated heterocycles.